The second-order valence-corrected chi connectivity index (χ2v) is 4.58. The summed E-state index contributed by atoms with van der Waals surface area (Å²) in [7, 11) is 0. The molecule has 5 heteroatoms. The smallest absolute Gasteiger partial charge is 0.171 e. The van der Waals surface area contributed by atoms with Gasteiger partial charge in [0.1, 0.15) is 5.82 Å². The Bertz CT molecular complexity index is 558. The molecule has 1 unspecified atom stereocenters. The van der Waals surface area contributed by atoms with Gasteiger partial charge in [-0.1, -0.05) is 0 Å². The molecule has 0 radical (unpaired) electrons. The number of carbonyl (C=O) groups is 1. The molecule has 1 atom stereocenters. The summed E-state index contributed by atoms with van der Waals surface area (Å²) in [5.74, 6) is 0.862. The van der Waals surface area contributed by atoms with Crippen LogP contribution in [0.5, 0.6) is 0 Å². The molecule has 0 aromatic carbocycles. The van der Waals surface area contributed by atoms with Gasteiger partial charge in [0.15, 0.2) is 11.9 Å². The third-order valence-corrected chi connectivity index (χ3v) is 3.35. The van der Waals surface area contributed by atoms with Gasteiger partial charge in [-0.2, -0.15) is 0 Å². The fourth-order valence-electron chi connectivity index (χ4n) is 2.39. The topological polar surface area (TPSA) is 56.5 Å². The maximum atomic E-state index is 10.9. The number of hydrogen-bond donors (Lipinski definition) is 0. The van der Waals surface area contributed by atoms with E-state index >= 15 is 0 Å². The van der Waals surface area contributed by atoms with Crippen molar-refractivity contribution in [2.75, 3.05) is 6.61 Å². The molecule has 0 amide bonds. The van der Waals surface area contributed by atoms with Gasteiger partial charge in [0.2, 0.25) is 0 Å². The van der Waals surface area contributed by atoms with E-state index in [1.807, 2.05) is 16.7 Å². The van der Waals surface area contributed by atoms with Crippen LogP contribution in [0.1, 0.15) is 35.4 Å². The van der Waals surface area contributed by atoms with Crippen molar-refractivity contribution in [3.05, 3.63) is 29.7 Å². The van der Waals surface area contributed by atoms with E-state index in [2.05, 4.69) is 10.2 Å². The first-order chi connectivity index (χ1) is 8.88. The van der Waals surface area contributed by atoms with Crippen molar-refractivity contribution >= 4 is 11.9 Å². The number of aromatic nitrogens is 3. The van der Waals surface area contributed by atoms with Crippen molar-refractivity contribution < 1.29 is 9.53 Å². The van der Waals surface area contributed by atoms with Crippen LogP contribution in [0.25, 0.3) is 5.65 Å². The molecular formula is C13H15N3O2. The lowest BCUT2D eigenvalue weighted by molar-refractivity contribution is 0.0155. The first-order valence-electron chi connectivity index (χ1n) is 6.28. The average molecular weight is 245 g/mol. The highest BCUT2D eigenvalue weighted by Crippen LogP contribution is 2.17. The molecule has 0 bridgehead atoms. The van der Waals surface area contributed by atoms with E-state index in [0.717, 1.165) is 38.0 Å². The Hall–Kier alpha value is -1.75. The minimum absolute atomic E-state index is 0.228. The van der Waals surface area contributed by atoms with Gasteiger partial charge < -0.3 is 4.74 Å². The fraction of sp³-hybridized carbons (Fsp3) is 0.462. The SMILES string of the molecule is O=Cc1cccn2c(CC3CCCCO3)nnc12. The highest BCUT2D eigenvalue weighted by molar-refractivity contribution is 5.83. The molecule has 1 aliphatic heterocycles. The number of fused-ring (bicyclic) bond motifs is 1. The molecule has 0 spiro atoms. The first kappa shape index (κ1) is 11.3. The van der Waals surface area contributed by atoms with Crippen LogP contribution in [0.4, 0.5) is 0 Å². The van der Waals surface area contributed by atoms with E-state index < -0.39 is 0 Å². The number of rotatable bonds is 3. The monoisotopic (exact) mass is 245 g/mol. The number of carbonyl (C=O) groups excluding carboxylic acids is 1. The Balaban J connectivity index is 1.90. The van der Waals surface area contributed by atoms with E-state index in [9.17, 15) is 4.79 Å². The second kappa shape index (κ2) is 4.86. The molecule has 2 aromatic rings. The maximum Gasteiger partial charge on any atom is 0.171 e. The summed E-state index contributed by atoms with van der Waals surface area (Å²) in [5, 5.41) is 8.25. The summed E-state index contributed by atoms with van der Waals surface area (Å²) in [4.78, 5) is 10.9. The van der Waals surface area contributed by atoms with Crippen molar-refractivity contribution in [3.8, 4) is 0 Å². The standard InChI is InChI=1S/C13H15N3O2/c17-9-10-4-3-6-16-12(14-15-13(10)16)8-11-5-1-2-7-18-11/h3-4,6,9,11H,1-2,5,7-8H2. The number of ether oxygens (including phenoxy) is 1. The van der Waals surface area contributed by atoms with Crippen LogP contribution < -0.4 is 0 Å². The lowest BCUT2D eigenvalue weighted by atomic mass is 10.1. The van der Waals surface area contributed by atoms with E-state index in [1.165, 1.54) is 6.42 Å². The van der Waals surface area contributed by atoms with E-state index in [4.69, 9.17) is 4.74 Å². The molecular weight excluding hydrogens is 230 g/mol. The van der Waals surface area contributed by atoms with Crippen LogP contribution in [0.2, 0.25) is 0 Å². The van der Waals surface area contributed by atoms with Crippen LogP contribution in [0.3, 0.4) is 0 Å². The molecule has 0 N–H and O–H groups in total. The van der Waals surface area contributed by atoms with Crippen LogP contribution in [-0.4, -0.2) is 33.6 Å². The Morgan fingerprint density at radius 3 is 3.17 bits per heavy atom. The zero-order valence-corrected chi connectivity index (χ0v) is 10.1. The minimum Gasteiger partial charge on any atom is -0.378 e. The molecule has 3 heterocycles. The van der Waals surface area contributed by atoms with Gasteiger partial charge in [0, 0.05) is 19.2 Å². The predicted molar refractivity (Wildman–Crippen MR) is 65.7 cm³/mol. The Morgan fingerprint density at radius 1 is 1.44 bits per heavy atom. The van der Waals surface area contributed by atoms with E-state index in [0.29, 0.717) is 11.2 Å². The zero-order valence-electron chi connectivity index (χ0n) is 10.1. The largest absolute Gasteiger partial charge is 0.378 e. The first-order valence-corrected chi connectivity index (χ1v) is 6.28. The normalized spacial score (nSPS) is 20.1. The summed E-state index contributed by atoms with van der Waals surface area (Å²) < 4.78 is 7.58. The van der Waals surface area contributed by atoms with Crippen LogP contribution >= 0.6 is 0 Å². The van der Waals surface area contributed by atoms with Crippen molar-refractivity contribution in [1.82, 2.24) is 14.6 Å². The molecule has 1 saturated heterocycles. The molecule has 18 heavy (non-hydrogen) atoms. The van der Waals surface area contributed by atoms with Crippen molar-refractivity contribution in [2.24, 2.45) is 0 Å². The van der Waals surface area contributed by atoms with Crippen molar-refractivity contribution in [3.63, 3.8) is 0 Å². The third-order valence-electron chi connectivity index (χ3n) is 3.35. The molecule has 0 saturated carbocycles. The average Bonchev–Trinajstić information content (AvgIpc) is 2.83. The minimum atomic E-state index is 0.228. The van der Waals surface area contributed by atoms with Gasteiger partial charge in [0.25, 0.3) is 0 Å². The number of aldehydes is 1. The maximum absolute atomic E-state index is 10.9. The number of pyridine rings is 1. The van der Waals surface area contributed by atoms with Crippen LogP contribution in [0.15, 0.2) is 18.3 Å². The highest BCUT2D eigenvalue weighted by atomic mass is 16.5. The summed E-state index contributed by atoms with van der Waals surface area (Å²) in [6, 6.07) is 3.59. The second-order valence-electron chi connectivity index (χ2n) is 4.58. The summed E-state index contributed by atoms with van der Waals surface area (Å²) in [6.07, 6.45) is 7.11. The van der Waals surface area contributed by atoms with Gasteiger partial charge >= 0.3 is 0 Å². The summed E-state index contributed by atoms with van der Waals surface area (Å²) in [5.41, 5.74) is 1.19. The Kier molecular flexibility index (Phi) is 3.06. The van der Waals surface area contributed by atoms with Crippen LogP contribution in [-0.2, 0) is 11.2 Å². The molecule has 5 nitrogen and oxygen atoms in total. The molecule has 1 fully saturated rings. The quantitative estimate of drug-likeness (QED) is 0.771. The molecule has 94 valence electrons. The summed E-state index contributed by atoms with van der Waals surface area (Å²) in [6.45, 7) is 0.834. The molecule has 0 aliphatic carbocycles. The lowest BCUT2D eigenvalue weighted by Gasteiger charge is -2.21. The van der Waals surface area contributed by atoms with Gasteiger partial charge in [-0.15, -0.1) is 10.2 Å². The highest BCUT2D eigenvalue weighted by Gasteiger charge is 2.18. The molecule has 2 aromatic heterocycles. The zero-order chi connectivity index (χ0) is 12.4. The van der Waals surface area contributed by atoms with Crippen LogP contribution in [0, 0.1) is 0 Å². The van der Waals surface area contributed by atoms with E-state index in [1.54, 1.807) is 6.07 Å². The third kappa shape index (κ3) is 2.01. The predicted octanol–water partition coefficient (Wildman–Crippen LogP) is 1.65. The van der Waals surface area contributed by atoms with Gasteiger partial charge in [-0.05, 0) is 31.4 Å². The Morgan fingerprint density at radius 2 is 2.39 bits per heavy atom. The number of nitrogens with zero attached hydrogens (tertiary/aromatic N) is 3. The molecule has 1 aliphatic rings. The summed E-state index contributed by atoms with van der Waals surface area (Å²) >= 11 is 0. The Labute approximate surface area is 105 Å². The van der Waals surface area contributed by atoms with Gasteiger partial charge in [0.05, 0.1) is 11.7 Å². The van der Waals surface area contributed by atoms with Crippen molar-refractivity contribution in [2.45, 2.75) is 31.8 Å². The number of hydrogen-bond acceptors (Lipinski definition) is 4. The van der Waals surface area contributed by atoms with E-state index in [-0.39, 0.29) is 6.10 Å². The van der Waals surface area contributed by atoms with Gasteiger partial charge in [-0.25, -0.2) is 0 Å². The van der Waals surface area contributed by atoms with Gasteiger partial charge in [-0.3, -0.25) is 9.20 Å². The van der Waals surface area contributed by atoms with Crippen molar-refractivity contribution in [1.29, 1.82) is 0 Å². The molecule has 3 rings (SSSR count). The fourth-order valence-corrected chi connectivity index (χ4v) is 2.39. The lowest BCUT2D eigenvalue weighted by Crippen LogP contribution is -2.22.